The summed E-state index contributed by atoms with van der Waals surface area (Å²) in [4.78, 5) is 0. The van der Waals surface area contributed by atoms with Crippen molar-refractivity contribution < 1.29 is 0 Å². The van der Waals surface area contributed by atoms with E-state index < -0.39 is 0 Å². The van der Waals surface area contributed by atoms with Gasteiger partial charge in [0.05, 0.1) is 16.6 Å². The second kappa shape index (κ2) is 7.11. The topological polar surface area (TPSA) is 29.9 Å². The van der Waals surface area contributed by atoms with Gasteiger partial charge in [-0.15, -0.1) is 0 Å². The summed E-state index contributed by atoms with van der Waals surface area (Å²) < 4.78 is 1.93. The first kappa shape index (κ1) is 15.4. The molecule has 0 spiro atoms. The summed E-state index contributed by atoms with van der Waals surface area (Å²) in [5.41, 5.74) is 1.16. The number of halogens is 2. The lowest BCUT2D eigenvalue weighted by atomic mass is 10.0. The summed E-state index contributed by atoms with van der Waals surface area (Å²) in [5, 5.41) is 9.02. The van der Waals surface area contributed by atoms with E-state index in [-0.39, 0.29) is 6.04 Å². The van der Waals surface area contributed by atoms with Gasteiger partial charge in [0.1, 0.15) is 0 Å². The van der Waals surface area contributed by atoms with Crippen LogP contribution in [0, 0.1) is 0 Å². The molecular formula is C15H19Cl2N3. The molecule has 0 radical (unpaired) electrons. The Morgan fingerprint density at radius 1 is 1.30 bits per heavy atom. The van der Waals surface area contributed by atoms with Gasteiger partial charge in [-0.25, -0.2) is 0 Å². The number of hydrogen-bond acceptors (Lipinski definition) is 2. The molecule has 0 aliphatic carbocycles. The van der Waals surface area contributed by atoms with Gasteiger partial charge in [-0.05, 0) is 37.1 Å². The standard InChI is InChI=1S/C15H19Cl2N3/c1-3-15(12-5-6-13(16)14(17)9-12)19-11(2)10-20-8-4-7-18-20/h4-9,11,15,19H,3,10H2,1-2H3. The van der Waals surface area contributed by atoms with Gasteiger partial charge in [0.25, 0.3) is 0 Å². The molecule has 20 heavy (non-hydrogen) atoms. The molecule has 0 fully saturated rings. The molecule has 1 aromatic heterocycles. The van der Waals surface area contributed by atoms with Gasteiger partial charge in [0.2, 0.25) is 0 Å². The molecule has 108 valence electrons. The van der Waals surface area contributed by atoms with Crippen molar-refractivity contribution in [3.05, 3.63) is 52.3 Å². The molecule has 3 nitrogen and oxygen atoms in total. The van der Waals surface area contributed by atoms with E-state index in [4.69, 9.17) is 23.2 Å². The predicted molar refractivity (Wildman–Crippen MR) is 84.3 cm³/mol. The summed E-state index contributed by atoms with van der Waals surface area (Å²) in [6, 6.07) is 8.32. The Morgan fingerprint density at radius 2 is 2.10 bits per heavy atom. The summed E-state index contributed by atoms with van der Waals surface area (Å²) >= 11 is 12.1. The third-order valence-corrected chi connectivity index (χ3v) is 4.00. The normalized spacial score (nSPS) is 14.2. The summed E-state index contributed by atoms with van der Waals surface area (Å²) in [7, 11) is 0. The van der Waals surface area contributed by atoms with E-state index in [1.807, 2.05) is 35.1 Å². The first-order chi connectivity index (χ1) is 9.60. The molecule has 2 aromatic rings. The number of aromatic nitrogens is 2. The van der Waals surface area contributed by atoms with Gasteiger partial charge < -0.3 is 5.32 Å². The Hall–Kier alpha value is -1.03. The molecule has 2 unspecified atom stereocenters. The van der Waals surface area contributed by atoms with Crippen LogP contribution in [0.3, 0.4) is 0 Å². The molecule has 1 aromatic carbocycles. The molecule has 0 aliphatic heterocycles. The van der Waals surface area contributed by atoms with Crippen LogP contribution in [-0.2, 0) is 6.54 Å². The van der Waals surface area contributed by atoms with Gasteiger partial charge in [-0.1, -0.05) is 36.2 Å². The minimum Gasteiger partial charge on any atom is -0.306 e. The molecule has 1 heterocycles. The fourth-order valence-corrected chi connectivity index (χ4v) is 2.57. The molecule has 0 bridgehead atoms. The summed E-state index contributed by atoms with van der Waals surface area (Å²) in [5.74, 6) is 0. The average Bonchev–Trinajstić information content (AvgIpc) is 2.92. The van der Waals surface area contributed by atoms with E-state index in [9.17, 15) is 0 Å². The van der Waals surface area contributed by atoms with Crippen molar-refractivity contribution in [2.24, 2.45) is 0 Å². The van der Waals surface area contributed by atoms with E-state index in [1.165, 1.54) is 0 Å². The molecular weight excluding hydrogens is 293 g/mol. The zero-order valence-corrected chi connectivity index (χ0v) is 13.2. The fraction of sp³-hybridized carbons (Fsp3) is 0.400. The second-order valence-electron chi connectivity index (χ2n) is 4.93. The highest BCUT2D eigenvalue weighted by Crippen LogP contribution is 2.27. The highest BCUT2D eigenvalue weighted by molar-refractivity contribution is 6.42. The molecule has 0 saturated carbocycles. The summed E-state index contributed by atoms with van der Waals surface area (Å²) in [6.45, 7) is 5.15. The third-order valence-electron chi connectivity index (χ3n) is 3.26. The van der Waals surface area contributed by atoms with Crippen LogP contribution in [0.5, 0.6) is 0 Å². The predicted octanol–water partition coefficient (Wildman–Crippen LogP) is 4.32. The number of hydrogen-bond donors (Lipinski definition) is 1. The van der Waals surface area contributed by atoms with Gasteiger partial charge >= 0.3 is 0 Å². The van der Waals surface area contributed by atoms with E-state index in [2.05, 4.69) is 24.3 Å². The number of nitrogens with zero attached hydrogens (tertiary/aromatic N) is 2. The molecule has 0 amide bonds. The van der Waals surface area contributed by atoms with Crippen molar-refractivity contribution in [2.75, 3.05) is 0 Å². The number of rotatable bonds is 6. The van der Waals surface area contributed by atoms with Gasteiger partial charge in [0.15, 0.2) is 0 Å². The quantitative estimate of drug-likeness (QED) is 0.861. The fourth-order valence-electron chi connectivity index (χ4n) is 2.26. The van der Waals surface area contributed by atoms with Crippen molar-refractivity contribution in [1.82, 2.24) is 15.1 Å². The smallest absolute Gasteiger partial charge is 0.0595 e. The Bertz CT molecular complexity index is 540. The Morgan fingerprint density at radius 3 is 2.70 bits per heavy atom. The lowest BCUT2D eigenvalue weighted by molar-refractivity contribution is 0.393. The van der Waals surface area contributed by atoms with E-state index in [0.29, 0.717) is 16.1 Å². The molecule has 0 saturated heterocycles. The van der Waals surface area contributed by atoms with E-state index >= 15 is 0 Å². The highest BCUT2D eigenvalue weighted by atomic mass is 35.5. The molecule has 0 aliphatic rings. The van der Waals surface area contributed by atoms with Gasteiger partial charge in [0, 0.05) is 24.5 Å². The van der Waals surface area contributed by atoms with Crippen LogP contribution >= 0.6 is 23.2 Å². The minimum absolute atomic E-state index is 0.260. The summed E-state index contributed by atoms with van der Waals surface area (Å²) in [6.07, 6.45) is 4.75. The SMILES string of the molecule is CCC(NC(C)Cn1cccn1)c1ccc(Cl)c(Cl)c1. The highest BCUT2D eigenvalue weighted by Gasteiger charge is 2.14. The third kappa shape index (κ3) is 3.98. The van der Waals surface area contributed by atoms with E-state index in [0.717, 1.165) is 18.5 Å². The van der Waals surface area contributed by atoms with Crippen LogP contribution in [0.15, 0.2) is 36.7 Å². The van der Waals surface area contributed by atoms with Crippen LogP contribution in [-0.4, -0.2) is 15.8 Å². The van der Waals surface area contributed by atoms with Crippen LogP contribution in [0.1, 0.15) is 31.9 Å². The second-order valence-corrected chi connectivity index (χ2v) is 5.74. The molecule has 2 rings (SSSR count). The maximum Gasteiger partial charge on any atom is 0.0595 e. The maximum absolute atomic E-state index is 6.09. The Kier molecular flexibility index (Phi) is 5.46. The minimum atomic E-state index is 0.260. The van der Waals surface area contributed by atoms with Crippen molar-refractivity contribution in [1.29, 1.82) is 0 Å². The first-order valence-electron chi connectivity index (χ1n) is 6.78. The molecule has 5 heteroatoms. The lowest BCUT2D eigenvalue weighted by Crippen LogP contribution is -2.33. The van der Waals surface area contributed by atoms with Crippen LogP contribution in [0.2, 0.25) is 10.0 Å². The van der Waals surface area contributed by atoms with Crippen molar-refractivity contribution >= 4 is 23.2 Å². The molecule has 2 atom stereocenters. The Labute approximate surface area is 129 Å². The lowest BCUT2D eigenvalue weighted by Gasteiger charge is -2.23. The average molecular weight is 312 g/mol. The Balaban J connectivity index is 2.02. The molecule has 1 N–H and O–H groups in total. The van der Waals surface area contributed by atoms with Crippen LogP contribution < -0.4 is 5.32 Å². The zero-order valence-electron chi connectivity index (χ0n) is 11.7. The zero-order chi connectivity index (χ0) is 14.5. The van der Waals surface area contributed by atoms with E-state index in [1.54, 1.807) is 6.20 Å². The van der Waals surface area contributed by atoms with Gasteiger partial charge in [-0.2, -0.15) is 5.10 Å². The van der Waals surface area contributed by atoms with Crippen LogP contribution in [0.25, 0.3) is 0 Å². The number of nitrogens with one attached hydrogen (secondary N) is 1. The maximum atomic E-state index is 6.09. The first-order valence-corrected chi connectivity index (χ1v) is 7.54. The number of benzene rings is 1. The monoisotopic (exact) mass is 311 g/mol. The largest absolute Gasteiger partial charge is 0.306 e. The van der Waals surface area contributed by atoms with Crippen molar-refractivity contribution in [3.63, 3.8) is 0 Å². The van der Waals surface area contributed by atoms with Crippen LogP contribution in [0.4, 0.5) is 0 Å². The van der Waals surface area contributed by atoms with Crippen molar-refractivity contribution in [2.45, 2.75) is 38.9 Å². The van der Waals surface area contributed by atoms with Gasteiger partial charge in [-0.3, -0.25) is 4.68 Å². The van der Waals surface area contributed by atoms with Crippen molar-refractivity contribution in [3.8, 4) is 0 Å².